The van der Waals surface area contributed by atoms with Crippen molar-refractivity contribution in [2.75, 3.05) is 7.11 Å². The first-order valence-electron chi connectivity index (χ1n) is 6.40. The van der Waals surface area contributed by atoms with E-state index in [1.165, 1.54) is 6.07 Å². The van der Waals surface area contributed by atoms with Gasteiger partial charge in [0.1, 0.15) is 5.82 Å². The molecule has 0 amide bonds. The van der Waals surface area contributed by atoms with E-state index < -0.39 is 0 Å². The molecular formula is C14H21FN2O. The number of nitrogens with two attached hydrogens (primary N) is 1. The molecule has 18 heavy (non-hydrogen) atoms. The van der Waals surface area contributed by atoms with Gasteiger partial charge in [0.15, 0.2) is 0 Å². The zero-order chi connectivity index (χ0) is 13.2. The molecule has 100 valence electrons. The minimum Gasteiger partial charge on any atom is -0.376 e. The third-order valence-corrected chi connectivity index (χ3v) is 4.01. The van der Waals surface area contributed by atoms with Gasteiger partial charge >= 0.3 is 0 Å². The Hall–Kier alpha value is -0.970. The molecule has 1 fully saturated rings. The smallest absolute Gasteiger partial charge is 0.128 e. The summed E-state index contributed by atoms with van der Waals surface area (Å²) < 4.78 is 19.7. The second kappa shape index (κ2) is 5.34. The average molecular weight is 252 g/mol. The van der Waals surface area contributed by atoms with Crippen molar-refractivity contribution in [3.63, 3.8) is 0 Å². The van der Waals surface area contributed by atoms with E-state index >= 15 is 0 Å². The molecule has 3 nitrogen and oxygen atoms in total. The molecule has 1 aliphatic carbocycles. The molecule has 0 saturated heterocycles. The van der Waals surface area contributed by atoms with Gasteiger partial charge < -0.3 is 4.74 Å². The van der Waals surface area contributed by atoms with Crippen LogP contribution in [0.15, 0.2) is 18.2 Å². The van der Waals surface area contributed by atoms with Crippen molar-refractivity contribution in [3.8, 4) is 0 Å². The van der Waals surface area contributed by atoms with E-state index in [-0.39, 0.29) is 17.5 Å². The van der Waals surface area contributed by atoms with Gasteiger partial charge in [-0.1, -0.05) is 30.5 Å². The Labute approximate surface area is 107 Å². The Morgan fingerprint density at radius 3 is 2.61 bits per heavy atom. The Morgan fingerprint density at radius 2 is 2.06 bits per heavy atom. The highest BCUT2D eigenvalue weighted by Gasteiger charge is 2.43. The Kier molecular flexibility index (Phi) is 4.00. The maximum absolute atomic E-state index is 14.0. The summed E-state index contributed by atoms with van der Waals surface area (Å²) in [6, 6.07) is 4.80. The number of hydrogen-bond acceptors (Lipinski definition) is 3. The number of hydrazine groups is 1. The van der Waals surface area contributed by atoms with Gasteiger partial charge in [0.25, 0.3) is 0 Å². The van der Waals surface area contributed by atoms with Crippen LogP contribution >= 0.6 is 0 Å². The fourth-order valence-electron chi connectivity index (χ4n) is 2.99. The standard InChI is InChI=1S/C14H21FN2O/c1-10-5-6-12(15)11(9-10)13(17-16)14(18-2)7-3-4-8-14/h5-6,9,13,17H,3-4,7-8,16H2,1-2H3. The normalized spacial score (nSPS) is 20.0. The van der Waals surface area contributed by atoms with Crippen LogP contribution in [0.2, 0.25) is 0 Å². The fraction of sp³-hybridized carbons (Fsp3) is 0.571. The molecule has 0 bridgehead atoms. The number of ether oxygens (including phenoxy) is 1. The van der Waals surface area contributed by atoms with Gasteiger partial charge in [0.05, 0.1) is 11.6 Å². The molecule has 0 spiro atoms. The molecule has 1 atom stereocenters. The van der Waals surface area contributed by atoms with Crippen LogP contribution in [0.5, 0.6) is 0 Å². The Morgan fingerprint density at radius 1 is 1.39 bits per heavy atom. The van der Waals surface area contributed by atoms with Crippen LogP contribution in [0.4, 0.5) is 4.39 Å². The zero-order valence-corrected chi connectivity index (χ0v) is 11.0. The van der Waals surface area contributed by atoms with Gasteiger partial charge in [-0.3, -0.25) is 5.84 Å². The quantitative estimate of drug-likeness (QED) is 0.639. The molecule has 0 aliphatic heterocycles. The average Bonchev–Trinajstić information content (AvgIpc) is 2.84. The van der Waals surface area contributed by atoms with Crippen molar-refractivity contribution >= 4 is 0 Å². The summed E-state index contributed by atoms with van der Waals surface area (Å²) in [5, 5.41) is 0. The van der Waals surface area contributed by atoms with E-state index in [1.807, 2.05) is 13.0 Å². The third-order valence-electron chi connectivity index (χ3n) is 4.01. The number of hydrogen-bond donors (Lipinski definition) is 2. The summed E-state index contributed by atoms with van der Waals surface area (Å²) in [5.41, 5.74) is 3.99. The van der Waals surface area contributed by atoms with E-state index in [0.717, 1.165) is 31.2 Å². The second-order valence-corrected chi connectivity index (χ2v) is 5.10. The SMILES string of the molecule is COC1(C(NN)c2cc(C)ccc2F)CCCC1. The van der Waals surface area contributed by atoms with Crippen LogP contribution in [0.1, 0.15) is 42.9 Å². The highest BCUT2D eigenvalue weighted by atomic mass is 19.1. The largest absolute Gasteiger partial charge is 0.376 e. The first-order valence-corrected chi connectivity index (χ1v) is 6.40. The number of aryl methyl sites for hydroxylation is 1. The van der Waals surface area contributed by atoms with Crippen LogP contribution in [0.3, 0.4) is 0 Å². The highest BCUT2D eigenvalue weighted by molar-refractivity contribution is 5.29. The predicted octanol–water partition coefficient (Wildman–Crippen LogP) is 2.60. The van der Waals surface area contributed by atoms with Gasteiger partial charge in [-0.25, -0.2) is 9.82 Å². The first kappa shape index (κ1) is 13.5. The third kappa shape index (κ3) is 2.28. The minimum absolute atomic E-state index is 0.230. The van der Waals surface area contributed by atoms with E-state index in [9.17, 15) is 4.39 Å². The zero-order valence-electron chi connectivity index (χ0n) is 11.0. The van der Waals surface area contributed by atoms with E-state index in [1.54, 1.807) is 13.2 Å². The molecule has 0 heterocycles. The van der Waals surface area contributed by atoms with E-state index in [0.29, 0.717) is 5.56 Å². The number of methoxy groups -OCH3 is 1. The van der Waals surface area contributed by atoms with Crippen molar-refractivity contribution in [2.24, 2.45) is 5.84 Å². The molecule has 3 N–H and O–H groups in total. The van der Waals surface area contributed by atoms with Crippen molar-refractivity contribution in [3.05, 3.63) is 35.1 Å². The molecule has 1 aromatic carbocycles. The minimum atomic E-state index is -0.386. The number of nitrogens with one attached hydrogen (secondary N) is 1. The van der Waals surface area contributed by atoms with Crippen molar-refractivity contribution in [1.29, 1.82) is 0 Å². The summed E-state index contributed by atoms with van der Waals surface area (Å²) in [4.78, 5) is 0. The summed E-state index contributed by atoms with van der Waals surface area (Å²) >= 11 is 0. The summed E-state index contributed by atoms with van der Waals surface area (Å²) in [5.74, 6) is 5.44. The van der Waals surface area contributed by atoms with Crippen molar-refractivity contribution in [2.45, 2.75) is 44.2 Å². The van der Waals surface area contributed by atoms with Gasteiger partial charge in [-0.15, -0.1) is 0 Å². The number of benzene rings is 1. The molecule has 0 aromatic heterocycles. The molecule has 1 aromatic rings. The lowest BCUT2D eigenvalue weighted by Crippen LogP contribution is -2.46. The van der Waals surface area contributed by atoms with Gasteiger partial charge in [0, 0.05) is 12.7 Å². The summed E-state index contributed by atoms with van der Waals surface area (Å²) in [6.45, 7) is 1.95. The molecular weight excluding hydrogens is 231 g/mol. The topological polar surface area (TPSA) is 47.3 Å². The Balaban J connectivity index is 2.40. The second-order valence-electron chi connectivity index (χ2n) is 5.10. The fourth-order valence-corrected chi connectivity index (χ4v) is 2.99. The number of halogens is 1. The molecule has 1 saturated carbocycles. The summed E-state index contributed by atoms with van der Waals surface area (Å²) in [6.07, 6.45) is 4.01. The number of rotatable bonds is 4. The van der Waals surface area contributed by atoms with Crippen LogP contribution in [-0.4, -0.2) is 12.7 Å². The van der Waals surface area contributed by atoms with Crippen LogP contribution < -0.4 is 11.3 Å². The molecule has 1 aliphatic rings. The van der Waals surface area contributed by atoms with Gasteiger partial charge in [-0.2, -0.15) is 0 Å². The highest BCUT2D eigenvalue weighted by Crippen LogP contribution is 2.42. The van der Waals surface area contributed by atoms with Crippen LogP contribution in [-0.2, 0) is 4.74 Å². The first-order chi connectivity index (χ1) is 8.63. The maximum Gasteiger partial charge on any atom is 0.128 e. The monoisotopic (exact) mass is 252 g/mol. The molecule has 2 rings (SSSR count). The lowest BCUT2D eigenvalue weighted by atomic mass is 9.86. The van der Waals surface area contributed by atoms with Crippen LogP contribution in [0, 0.1) is 12.7 Å². The van der Waals surface area contributed by atoms with Gasteiger partial charge in [-0.05, 0) is 25.8 Å². The molecule has 0 radical (unpaired) electrons. The van der Waals surface area contributed by atoms with E-state index in [2.05, 4.69) is 5.43 Å². The van der Waals surface area contributed by atoms with Gasteiger partial charge in [0.2, 0.25) is 0 Å². The lowest BCUT2D eigenvalue weighted by Gasteiger charge is -2.36. The summed E-state index contributed by atoms with van der Waals surface area (Å²) in [7, 11) is 1.68. The predicted molar refractivity (Wildman–Crippen MR) is 69.4 cm³/mol. The Bertz CT molecular complexity index is 416. The van der Waals surface area contributed by atoms with E-state index in [4.69, 9.17) is 10.6 Å². The van der Waals surface area contributed by atoms with Crippen LogP contribution in [0.25, 0.3) is 0 Å². The maximum atomic E-state index is 14.0. The molecule has 1 unspecified atom stereocenters. The molecule has 4 heteroatoms. The van der Waals surface area contributed by atoms with Crippen molar-refractivity contribution < 1.29 is 9.13 Å². The van der Waals surface area contributed by atoms with Crippen molar-refractivity contribution in [1.82, 2.24) is 5.43 Å². The lowest BCUT2D eigenvalue weighted by molar-refractivity contribution is -0.0377.